The Bertz CT molecular complexity index is 78.2. The first-order valence-corrected chi connectivity index (χ1v) is 4.51. The first-order chi connectivity index (χ1) is 4.56. The molecule has 62 valence electrons. The number of thioether (sulfide) groups is 1. The van der Waals surface area contributed by atoms with Gasteiger partial charge in [-0.05, 0) is 13.8 Å². The van der Waals surface area contributed by atoms with E-state index in [0.29, 0.717) is 0 Å². The zero-order valence-corrected chi connectivity index (χ0v) is 7.70. The second-order valence-corrected chi connectivity index (χ2v) is 3.96. The van der Waals surface area contributed by atoms with Crippen LogP contribution in [0.5, 0.6) is 0 Å². The third kappa shape index (κ3) is 8.27. The van der Waals surface area contributed by atoms with Gasteiger partial charge in [-0.3, -0.25) is 0 Å². The minimum Gasteiger partial charge on any atom is -0.390 e. The molecule has 0 radical (unpaired) electrons. The summed E-state index contributed by atoms with van der Waals surface area (Å²) in [6.07, 6.45) is 0. The van der Waals surface area contributed by atoms with Crippen molar-refractivity contribution in [2.75, 3.05) is 25.2 Å². The Morgan fingerprint density at radius 3 is 2.50 bits per heavy atom. The van der Waals surface area contributed by atoms with E-state index in [1.807, 2.05) is 13.8 Å². The van der Waals surface area contributed by atoms with Gasteiger partial charge >= 0.3 is 0 Å². The Morgan fingerprint density at radius 2 is 2.10 bits per heavy atom. The zero-order chi connectivity index (χ0) is 8.04. The minimum atomic E-state index is -0.543. The molecule has 0 heterocycles. The van der Waals surface area contributed by atoms with Gasteiger partial charge in [0.25, 0.3) is 0 Å². The van der Waals surface area contributed by atoms with E-state index in [1.54, 1.807) is 18.9 Å². The lowest BCUT2D eigenvalue weighted by atomic mass is 10.2. The first kappa shape index (κ1) is 10.3. The highest BCUT2D eigenvalue weighted by Crippen LogP contribution is 2.10. The predicted octanol–water partition coefficient (Wildman–Crippen LogP) is 1.14. The van der Waals surface area contributed by atoms with E-state index < -0.39 is 5.60 Å². The molecule has 2 nitrogen and oxygen atoms in total. The molecule has 0 aromatic heterocycles. The number of ether oxygens (including phenoxy) is 1. The van der Waals surface area contributed by atoms with Crippen molar-refractivity contribution in [2.45, 2.75) is 19.4 Å². The standard InChI is InChI=1S/C7H16O2S/c1-7(2,8)6-10-5-4-9-3/h8H,4-6H2,1-3H3. The lowest BCUT2D eigenvalue weighted by Gasteiger charge is -2.15. The summed E-state index contributed by atoms with van der Waals surface area (Å²) in [5.74, 6) is 1.73. The van der Waals surface area contributed by atoms with Crippen LogP contribution in [0.15, 0.2) is 0 Å². The number of methoxy groups -OCH3 is 1. The Morgan fingerprint density at radius 1 is 1.50 bits per heavy atom. The molecule has 0 fully saturated rings. The maximum atomic E-state index is 9.26. The summed E-state index contributed by atoms with van der Waals surface area (Å²) in [4.78, 5) is 0. The Balaban J connectivity index is 3.04. The summed E-state index contributed by atoms with van der Waals surface area (Å²) in [5.41, 5.74) is -0.543. The van der Waals surface area contributed by atoms with Gasteiger partial charge in [-0.15, -0.1) is 0 Å². The Labute approximate surface area is 67.0 Å². The maximum absolute atomic E-state index is 9.26. The smallest absolute Gasteiger partial charge is 0.0681 e. The summed E-state index contributed by atoms with van der Waals surface area (Å²) < 4.78 is 4.85. The van der Waals surface area contributed by atoms with E-state index in [4.69, 9.17) is 4.74 Å². The van der Waals surface area contributed by atoms with Crippen LogP contribution in [0.4, 0.5) is 0 Å². The molecule has 0 unspecified atom stereocenters. The molecule has 3 heteroatoms. The molecule has 0 rings (SSSR count). The molecule has 10 heavy (non-hydrogen) atoms. The monoisotopic (exact) mass is 164 g/mol. The largest absolute Gasteiger partial charge is 0.390 e. The van der Waals surface area contributed by atoms with Crippen molar-refractivity contribution in [1.82, 2.24) is 0 Å². The third-order valence-corrected chi connectivity index (χ3v) is 2.25. The van der Waals surface area contributed by atoms with Crippen LogP contribution in [0, 0.1) is 0 Å². The molecule has 0 amide bonds. The van der Waals surface area contributed by atoms with Crippen molar-refractivity contribution in [1.29, 1.82) is 0 Å². The van der Waals surface area contributed by atoms with Crippen molar-refractivity contribution in [3.8, 4) is 0 Å². The van der Waals surface area contributed by atoms with Crippen LogP contribution >= 0.6 is 11.8 Å². The molecule has 0 spiro atoms. The van der Waals surface area contributed by atoms with Crippen molar-refractivity contribution in [3.63, 3.8) is 0 Å². The highest BCUT2D eigenvalue weighted by molar-refractivity contribution is 7.99. The normalized spacial score (nSPS) is 12.0. The minimum absolute atomic E-state index is 0.543. The van der Waals surface area contributed by atoms with Crippen LogP contribution in [0.25, 0.3) is 0 Å². The number of hydrogen-bond donors (Lipinski definition) is 1. The van der Waals surface area contributed by atoms with Gasteiger partial charge in [-0.2, -0.15) is 11.8 Å². The van der Waals surface area contributed by atoms with E-state index in [2.05, 4.69) is 0 Å². The molecule has 0 atom stereocenters. The molecule has 0 saturated heterocycles. The van der Waals surface area contributed by atoms with Gasteiger partial charge in [0.1, 0.15) is 0 Å². The van der Waals surface area contributed by atoms with Gasteiger partial charge in [0.05, 0.1) is 12.2 Å². The summed E-state index contributed by atoms with van der Waals surface area (Å²) in [6, 6.07) is 0. The average Bonchev–Trinajstić information content (AvgIpc) is 1.78. The molecule has 0 aromatic rings. The van der Waals surface area contributed by atoms with Crippen LogP contribution in [0.2, 0.25) is 0 Å². The fourth-order valence-corrected chi connectivity index (χ4v) is 1.39. The summed E-state index contributed by atoms with van der Waals surface area (Å²) >= 11 is 1.71. The van der Waals surface area contributed by atoms with E-state index in [0.717, 1.165) is 18.1 Å². The summed E-state index contributed by atoms with van der Waals surface area (Å²) in [7, 11) is 1.69. The van der Waals surface area contributed by atoms with Gasteiger partial charge in [0.2, 0.25) is 0 Å². The number of rotatable bonds is 5. The van der Waals surface area contributed by atoms with Gasteiger partial charge in [0, 0.05) is 18.6 Å². The Kier molecular flexibility index (Phi) is 5.13. The van der Waals surface area contributed by atoms with Gasteiger partial charge < -0.3 is 9.84 Å². The second-order valence-electron chi connectivity index (χ2n) is 2.86. The first-order valence-electron chi connectivity index (χ1n) is 3.35. The highest BCUT2D eigenvalue weighted by atomic mass is 32.2. The zero-order valence-electron chi connectivity index (χ0n) is 6.89. The van der Waals surface area contributed by atoms with Gasteiger partial charge in [0.15, 0.2) is 0 Å². The van der Waals surface area contributed by atoms with E-state index in [1.165, 1.54) is 0 Å². The molecule has 0 saturated carbocycles. The summed E-state index contributed by atoms with van der Waals surface area (Å²) in [5, 5.41) is 9.26. The molecule has 0 bridgehead atoms. The number of aliphatic hydroxyl groups is 1. The third-order valence-electron chi connectivity index (χ3n) is 0.887. The highest BCUT2D eigenvalue weighted by Gasteiger charge is 2.10. The fraction of sp³-hybridized carbons (Fsp3) is 1.00. The fourth-order valence-electron chi connectivity index (χ4n) is 0.464. The SMILES string of the molecule is COCCSCC(C)(C)O. The van der Waals surface area contributed by atoms with E-state index >= 15 is 0 Å². The molecule has 1 N–H and O–H groups in total. The van der Waals surface area contributed by atoms with Gasteiger partial charge in [-0.25, -0.2) is 0 Å². The van der Waals surface area contributed by atoms with Crippen LogP contribution in [-0.4, -0.2) is 35.9 Å². The predicted molar refractivity (Wildman–Crippen MR) is 45.5 cm³/mol. The quantitative estimate of drug-likeness (QED) is 0.618. The number of hydrogen-bond acceptors (Lipinski definition) is 3. The van der Waals surface area contributed by atoms with Crippen LogP contribution in [0.1, 0.15) is 13.8 Å². The molecule has 0 aliphatic heterocycles. The lowest BCUT2D eigenvalue weighted by molar-refractivity contribution is 0.107. The van der Waals surface area contributed by atoms with Crippen molar-refractivity contribution in [2.24, 2.45) is 0 Å². The molecular formula is C7H16O2S. The van der Waals surface area contributed by atoms with Gasteiger partial charge in [-0.1, -0.05) is 0 Å². The van der Waals surface area contributed by atoms with E-state index in [-0.39, 0.29) is 0 Å². The molecule has 0 aliphatic rings. The van der Waals surface area contributed by atoms with Crippen molar-refractivity contribution in [3.05, 3.63) is 0 Å². The molecular weight excluding hydrogens is 148 g/mol. The average molecular weight is 164 g/mol. The maximum Gasteiger partial charge on any atom is 0.0681 e. The molecule has 0 aliphatic carbocycles. The van der Waals surface area contributed by atoms with Crippen LogP contribution in [-0.2, 0) is 4.74 Å². The topological polar surface area (TPSA) is 29.5 Å². The Hall–Kier alpha value is 0.270. The second kappa shape index (κ2) is 4.99. The van der Waals surface area contributed by atoms with Crippen LogP contribution in [0.3, 0.4) is 0 Å². The molecule has 0 aromatic carbocycles. The van der Waals surface area contributed by atoms with E-state index in [9.17, 15) is 5.11 Å². The van der Waals surface area contributed by atoms with Crippen molar-refractivity contribution < 1.29 is 9.84 Å². The summed E-state index contributed by atoms with van der Waals surface area (Å²) in [6.45, 7) is 4.39. The lowest BCUT2D eigenvalue weighted by Crippen LogP contribution is -2.22. The van der Waals surface area contributed by atoms with Crippen LogP contribution < -0.4 is 0 Å². The van der Waals surface area contributed by atoms with Crippen molar-refractivity contribution >= 4 is 11.8 Å².